The summed E-state index contributed by atoms with van der Waals surface area (Å²) in [5.74, 6) is 4.67. The first-order chi connectivity index (χ1) is 3.63. The Kier molecular flexibility index (Phi) is 4.81. The normalized spacial score (nSPS) is 12.2. The molecule has 0 radical (unpaired) electrons. The van der Waals surface area contributed by atoms with E-state index in [1.165, 1.54) is 0 Å². The zero-order valence-corrected chi connectivity index (χ0v) is 7.84. The Labute approximate surface area is 54.9 Å². The van der Waals surface area contributed by atoms with Crippen LogP contribution in [-0.4, -0.2) is 26.7 Å². The average molecular weight is 148 g/mol. The molecule has 0 aliphatic carbocycles. The Morgan fingerprint density at radius 2 is 1.00 bits per heavy atom. The third-order valence-corrected chi connectivity index (χ3v) is 2.39. The predicted octanol–water partition coefficient (Wildman–Crippen LogP) is 2.94. The van der Waals surface area contributed by atoms with Gasteiger partial charge in [0.15, 0.2) is 0 Å². The number of hydrogen-bond donors (Lipinski definition) is 0. The van der Waals surface area contributed by atoms with Gasteiger partial charge in [0.1, 0.15) is 0 Å². The molecule has 0 fully saturated rings. The third kappa shape index (κ3) is 6.60. The summed E-state index contributed by atoms with van der Waals surface area (Å²) in [5.41, 5.74) is 0. The van der Waals surface area contributed by atoms with Crippen LogP contribution in [0.4, 0.5) is 0 Å². The Morgan fingerprint density at radius 3 is 1.12 bits per heavy atom. The molecule has 8 heavy (non-hydrogen) atoms. The van der Waals surface area contributed by atoms with E-state index in [9.17, 15) is 0 Å². The molecular weight excluding hydrogens is 134 g/mol. The van der Waals surface area contributed by atoms with E-state index in [0.29, 0.717) is 0 Å². The van der Waals surface area contributed by atoms with Crippen molar-refractivity contribution in [2.45, 2.75) is 0 Å². The van der Waals surface area contributed by atoms with E-state index >= 15 is 0 Å². The maximum absolute atomic E-state index is 2.33. The van der Waals surface area contributed by atoms with Gasteiger partial charge in [0.25, 0.3) is 0 Å². The first kappa shape index (κ1) is 8.60. The minimum absolute atomic E-state index is 0.203. The highest BCUT2D eigenvalue weighted by molar-refractivity contribution is 7.63. The lowest BCUT2D eigenvalue weighted by Crippen LogP contribution is -1.57. The summed E-state index contributed by atoms with van der Waals surface area (Å²) < 4.78 is 0. The van der Waals surface area contributed by atoms with Crippen molar-refractivity contribution in [3.8, 4) is 0 Å². The van der Waals surface area contributed by atoms with Gasteiger partial charge in [-0.3, -0.25) is 0 Å². The van der Waals surface area contributed by atoms with Gasteiger partial charge in [0, 0.05) is 0 Å². The lowest BCUT2D eigenvalue weighted by Gasteiger charge is -1.96. The molecular formula is C6H14P2. The van der Waals surface area contributed by atoms with Crippen LogP contribution in [0, 0.1) is 0 Å². The minimum Gasteiger partial charge on any atom is -0.0896 e. The summed E-state index contributed by atoms with van der Waals surface area (Å²) in [6.45, 7) is 9.07. The first-order valence-corrected chi connectivity index (χ1v) is 7.25. The van der Waals surface area contributed by atoms with Gasteiger partial charge >= 0.3 is 0 Å². The van der Waals surface area contributed by atoms with Crippen LogP contribution in [-0.2, 0) is 0 Å². The monoisotopic (exact) mass is 148 g/mol. The summed E-state index contributed by atoms with van der Waals surface area (Å²) in [7, 11) is 0.405. The molecule has 2 heteroatoms. The Morgan fingerprint density at radius 1 is 0.750 bits per heavy atom. The molecule has 0 unspecified atom stereocenters. The molecule has 0 aliphatic heterocycles. The zero-order chi connectivity index (χ0) is 6.57. The SMILES string of the molecule is CP(C)/C=C/P(C)C. The fraction of sp³-hybridized carbons (Fsp3) is 0.667. The molecule has 0 atom stereocenters. The van der Waals surface area contributed by atoms with Gasteiger partial charge in [0.2, 0.25) is 0 Å². The van der Waals surface area contributed by atoms with Crippen LogP contribution in [0.25, 0.3) is 0 Å². The molecule has 0 aromatic carbocycles. The lowest BCUT2D eigenvalue weighted by atomic mass is 11.2. The third-order valence-electron chi connectivity index (χ3n) is 0.663. The molecule has 0 amide bonds. The standard InChI is InChI=1S/C6H14P2/c1-7(2)5-6-8(3)4/h5-6H,1-4H3/b6-5+. The second-order valence-electron chi connectivity index (χ2n) is 2.23. The van der Waals surface area contributed by atoms with Gasteiger partial charge < -0.3 is 0 Å². The number of hydrogen-bond acceptors (Lipinski definition) is 0. The molecule has 0 aromatic heterocycles. The molecule has 0 aliphatic rings. The van der Waals surface area contributed by atoms with Crippen molar-refractivity contribution < 1.29 is 0 Å². The van der Waals surface area contributed by atoms with E-state index in [0.717, 1.165) is 0 Å². The Balaban J connectivity index is 3.34. The topological polar surface area (TPSA) is 0 Å². The second kappa shape index (κ2) is 4.48. The van der Waals surface area contributed by atoms with Gasteiger partial charge in [-0.2, -0.15) is 0 Å². The van der Waals surface area contributed by atoms with Crippen molar-refractivity contribution in [3.05, 3.63) is 11.6 Å². The largest absolute Gasteiger partial charge is 0.0896 e. The molecule has 0 nitrogen and oxygen atoms in total. The summed E-state index contributed by atoms with van der Waals surface area (Å²) in [5, 5.41) is 0. The predicted molar refractivity (Wildman–Crippen MR) is 46.7 cm³/mol. The minimum atomic E-state index is 0.203. The molecule has 0 rings (SSSR count). The molecule has 0 bridgehead atoms. The van der Waals surface area contributed by atoms with Crippen molar-refractivity contribution in [1.29, 1.82) is 0 Å². The van der Waals surface area contributed by atoms with E-state index < -0.39 is 0 Å². The average Bonchev–Trinajstić information content (AvgIpc) is 1.61. The highest BCUT2D eigenvalue weighted by Gasteiger charge is 1.83. The fourth-order valence-electron chi connectivity index (χ4n) is 0.267. The van der Waals surface area contributed by atoms with E-state index in [-0.39, 0.29) is 15.8 Å². The van der Waals surface area contributed by atoms with E-state index in [1.54, 1.807) is 0 Å². The van der Waals surface area contributed by atoms with Gasteiger partial charge in [-0.05, 0) is 26.7 Å². The van der Waals surface area contributed by atoms with Crippen molar-refractivity contribution in [2.24, 2.45) is 0 Å². The number of rotatable bonds is 2. The van der Waals surface area contributed by atoms with Crippen LogP contribution in [0.15, 0.2) is 11.6 Å². The lowest BCUT2D eigenvalue weighted by molar-refractivity contribution is 2.14. The Hall–Kier alpha value is 0.600. The molecule has 0 aromatic rings. The van der Waals surface area contributed by atoms with Crippen molar-refractivity contribution in [1.82, 2.24) is 0 Å². The van der Waals surface area contributed by atoms with Crippen LogP contribution in [0.2, 0.25) is 0 Å². The van der Waals surface area contributed by atoms with Crippen LogP contribution in [0.3, 0.4) is 0 Å². The Bertz CT molecular complexity index is 64.6. The quantitative estimate of drug-likeness (QED) is 0.528. The summed E-state index contributed by atoms with van der Waals surface area (Å²) >= 11 is 0. The maximum atomic E-state index is 2.33. The molecule has 48 valence electrons. The van der Waals surface area contributed by atoms with Crippen molar-refractivity contribution in [2.75, 3.05) is 26.7 Å². The first-order valence-electron chi connectivity index (χ1n) is 2.64. The van der Waals surface area contributed by atoms with Crippen LogP contribution < -0.4 is 0 Å². The van der Waals surface area contributed by atoms with Gasteiger partial charge in [-0.25, -0.2) is 0 Å². The summed E-state index contributed by atoms with van der Waals surface area (Å²) in [6, 6.07) is 0. The van der Waals surface area contributed by atoms with Crippen molar-refractivity contribution >= 4 is 15.8 Å². The smallest absolute Gasteiger partial charge is 0.0412 e. The van der Waals surface area contributed by atoms with Gasteiger partial charge in [-0.15, -0.1) is 0 Å². The van der Waals surface area contributed by atoms with Crippen LogP contribution >= 0.6 is 15.8 Å². The molecule has 0 saturated heterocycles. The van der Waals surface area contributed by atoms with Crippen LogP contribution in [0.5, 0.6) is 0 Å². The maximum Gasteiger partial charge on any atom is -0.0412 e. The molecule has 0 saturated carbocycles. The van der Waals surface area contributed by atoms with E-state index in [1.807, 2.05) is 0 Å². The van der Waals surface area contributed by atoms with E-state index in [2.05, 4.69) is 38.3 Å². The molecule has 0 spiro atoms. The fourth-order valence-corrected chi connectivity index (χ4v) is 2.40. The van der Waals surface area contributed by atoms with Gasteiger partial charge in [0.05, 0.1) is 0 Å². The second-order valence-corrected chi connectivity index (χ2v) is 6.68. The molecule has 0 heterocycles. The van der Waals surface area contributed by atoms with Crippen molar-refractivity contribution in [3.63, 3.8) is 0 Å². The highest BCUT2D eigenvalue weighted by atomic mass is 31.1. The highest BCUT2D eigenvalue weighted by Crippen LogP contribution is 2.34. The van der Waals surface area contributed by atoms with Crippen LogP contribution in [0.1, 0.15) is 0 Å². The molecule has 0 N–H and O–H groups in total. The van der Waals surface area contributed by atoms with E-state index in [4.69, 9.17) is 0 Å². The summed E-state index contributed by atoms with van der Waals surface area (Å²) in [6.07, 6.45) is 0. The zero-order valence-electron chi connectivity index (χ0n) is 6.05. The summed E-state index contributed by atoms with van der Waals surface area (Å²) in [4.78, 5) is 0. The van der Waals surface area contributed by atoms with Gasteiger partial charge in [-0.1, -0.05) is 27.5 Å².